The number of aromatic nitrogens is 2. The maximum absolute atomic E-state index is 13.7. The predicted octanol–water partition coefficient (Wildman–Crippen LogP) is 5.43. The maximum Gasteiger partial charge on any atom is 0.319 e. The van der Waals surface area contributed by atoms with Gasteiger partial charge in [-0.2, -0.15) is 0 Å². The normalized spacial score (nSPS) is 16.1. The average molecular weight is 518 g/mol. The fourth-order valence-corrected chi connectivity index (χ4v) is 4.53. The monoisotopic (exact) mass is 517 g/mol. The van der Waals surface area contributed by atoms with E-state index in [1.54, 1.807) is 18.5 Å². The summed E-state index contributed by atoms with van der Waals surface area (Å²) >= 11 is 12.2. The number of likely N-dealkylation sites (tertiary alicyclic amines) is 1. The zero-order valence-corrected chi connectivity index (χ0v) is 20.7. The molecule has 1 unspecified atom stereocenters. The Kier molecular flexibility index (Phi) is 8.38. The number of urea groups is 1. The minimum Gasteiger partial charge on any atom is -0.493 e. The number of piperidine rings is 1. The summed E-state index contributed by atoms with van der Waals surface area (Å²) in [5, 5.41) is 6.19. The summed E-state index contributed by atoms with van der Waals surface area (Å²) in [6.45, 7) is 2.16. The second-order valence-electron chi connectivity index (χ2n) is 8.44. The van der Waals surface area contributed by atoms with Crippen molar-refractivity contribution in [1.29, 1.82) is 0 Å². The quantitative estimate of drug-likeness (QED) is 0.408. The molecule has 2 aromatic carbocycles. The topological polar surface area (TPSA) is 79.4 Å². The molecule has 2 N–H and O–H groups in total. The zero-order valence-electron chi connectivity index (χ0n) is 19.2. The minimum atomic E-state index is -0.512. The standard InChI is InChI=1S/C25H26Cl2FN5O2/c1-33-10-3-5-17(15-33)31-25(34)32-18-13-29-24(30-14-18)16-4-2-6-19(12-16)35-11-9-20-21(26)7-8-22(28)23(20)27/h2,4,6-8,12-14,17H,3,5,9-11,15H2,1H3,(H2,31,32,34). The van der Waals surface area contributed by atoms with Gasteiger partial charge in [0.1, 0.15) is 11.6 Å². The molecule has 0 saturated carbocycles. The van der Waals surface area contributed by atoms with Gasteiger partial charge in [-0.05, 0) is 56.3 Å². The lowest BCUT2D eigenvalue weighted by atomic mass is 10.1. The van der Waals surface area contributed by atoms with E-state index in [1.807, 2.05) is 25.2 Å². The lowest BCUT2D eigenvalue weighted by molar-refractivity contribution is 0.216. The lowest BCUT2D eigenvalue weighted by Gasteiger charge is -2.30. The molecule has 4 rings (SSSR count). The van der Waals surface area contributed by atoms with Crippen LogP contribution in [0.25, 0.3) is 11.4 Å². The molecule has 7 nitrogen and oxygen atoms in total. The van der Waals surface area contributed by atoms with E-state index in [0.717, 1.165) is 31.5 Å². The van der Waals surface area contributed by atoms with Crippen LogP contribution in [0.3, 0.4) is 0 Å². The zero-order chi connectivity index (χ0) is 24.8. The Morgan fingerprint density at radius 1 is 1.23 bits per heavy atom. The van der Waals surface area contributed by atoms with E-state index in [9.17, 15) is 9.18 Å². The van der Waals surface area contributed by atoms with E-state index in [1.165, 1.54) is 12.1 Å². The SMILES string of the molecule is CN1CCCC(NC(=O)Nc2cnc(-c3cccc(OCCc4c(Cl)ccc(F)c4Cl)c3)nc2)C1. The van der Waals surface area contributed by atoms with Crippen LogP contribution in [-0.4, -0.2) is 53.7 Å². The van der Waals surface area contributed by atoms with E-state index in [4.69, 9.17) is 27.9 Å². The van der Waals surface area contributed by atoms with Gasteiger partial charge >= 0.3 is 6.03 Å². The summed E-state index contributed by atoms with van der Waals surface area (Å²) in [5.74, 6) is 0.586. The molecule has 1 aliphatic heterocycles. The molecule has 10 heteroatoms. The van der Waals surface area contributed by atoms with Crippen LogP contribution in [0.2, 0.25) is 10.0 Å². The molecule has 0 spiro atoms. The number of amides is 2. The van der Waals surface area contributed by atoms with Crippen molar-refractivity contribution in [3.8, 4) is 17.1 Å². The summed E-state index contributed by atoms with van der Waals surface area (Å²) < 4.78 is 19.5. The first-order valence-corrected chi connectivity index (χ1v) is 12.1. The molecular weight excluding hydrogens is 492 g/mol. The Morgan fingerprint density at radius 2 is 2.03 bits per heavy atom. The molecule has 1 atom stereocenters. The number of hydrogen-bond donors (Lipinski definition) is 2. The number of carbonyl (C=O) groups is 1. The minimum absolute atomic E-state index is 0.0108. The van der Waals surface area contributed by atoms with E-state index in [0.29, 0.717) is 34.3 Å². The predicted molar refractivity (Wildman–Crippen MR) is 136 cm³/mol. The van der Waals surface area contributed by atoms with Crippen molar-refractivity contribution < 1.29 is 13.9 Å². The molecule has 1 fully saturated rings. The molecule has 1 aromatic heterocycles. The third-order valence-corrected chi connectivity index (χ3v) is 6.48. The molecule has 1 saturated heterocycles. The number of likely N-dealkylation sites (N-methyl/N-ethyl adjacent to an activating group) is 1. The summed E-state index contributed by atoms with van der Waals surface area (Å²) in [6.07, 6.45) is 5.52. The highest BCUT2D eigenvalue weighted by atomic mass is 35.5. The van der Waals surface area contributed by atoms with Gasteiger partial charge in [-0.3, -0.25) is 0 Å². The molecule has 35 heavy (non-hydrogen) atoms. The Labute approximate surface area is 213 Å². The molecule has 0 bridgehead atoms. The Hall–Kier alpha value is -2.94. The van der Waals surface area contributed by atoms with Gasteiger partial charge in [0.25, 0.3) is 0 Å². The van der Waals surface area contributed by atoms with Gasteiger partial charge in [0.15, 0.2) is 5.82 Å². The molecule has 0 radical (unpaired) electrons. The van der Waals surface area contributed by atoms with Crippen LogP contribution in [-0.2, 0) is 6.42 Å². The van der Waals surface area contributed by atoms with E-state index in [-0.39, 0.29) is 23.7 Å². The molecule has 2 heterocycles. The number of halogens is 3. The van der Waals surface area contributed by atoms with E-state index < -0.39 is 5.82 Å². The highest BCUT2D eigenvalue weighted by molar-refractivity contribution is 6.36. The molecule has 3 aromatic rings. The van der Waals surface area contributed by atoms with Crippen LogP contribution in [0.5, 0.6) is 5.75 Å². The van der Waals surface area contributed by atoms with Crippen LogP contribution < -0.4 is 15.4 Å². The number of nitrogens with one attached hydrogen (secondary N) is 2. The second-order valence-corrected chi connectivity index (χ2v) is 9.23. The first-order valence-electron chi connectivity index (χ1n) is 11.3. The molecule has 184 valence electrons. The van der Waals surface area contributed by atoms with Crippen molar-refractivity contribution in [2.75, 3.05) is 32.1 Å². The van der Waals surface area contributed by atoms with Gasteiger partial charge in [-0.15, -0.1) is 0 Å². The fourth-order valence-electron chi connectivity index (χ4n) is 3.97. The van der Waals surface area contributed by atoms with Crippen molar-refractivity contribution >= 4 is 34.9 Å². The van der Waals surface area contributed by atoms with Crippen LogP contribution in [0.4, 0.5) is 14.9 Å². The van der Waals surface area contributed by atoms with Gasteiger partial charge in [-0.25, -0.2) is 19.2 Å². The third kappa shape index (κ3) is 6.81. The van der Waals surface area contributed by atoms with Crippen molar-refractivity contribution in [2.24, 2.45) is 0 Å². The van der Waals surface area contributed by atoms with Crippen molar-refractivity contribution in [1.82, 2.24) is 20.2 Å². The summed E-state index contributed by atoms with van der Waals surface area (Å²) in [7, 11) is 2.05. The van der Waals surface area contributed by atoms with Gasteiger partial charge in [-0.1, -0.05) is 35.3 Å². The van der Waals surface area contributed by atoms with Crippen LogP contribution in [0.15, 0.2) is 48.8 Å². The molecule has 1 aliphatic rings. The smallest absolute Gasteiger partial charge is 0.319 e. The van der Waals surface area contributed by atoms with Crippen LogP contribution in [0.1, 0.15) is 18.4 Å². The van der Waals surface area contributed by atoms with Crippen molar-refractivity contribution in [3.05, 3.63) is 70.2 Å². The summed E-state index contributed by atoms with van der Waals surface area (Å²) in [5.41, 5.74) is 1.77. The number of benzene rings is 2. The van der Waals surface area contributed by atoms with Crippen LogP contribution >= 0.6 is 23.2 Å². The second kappa shape index (κ2) is 11.7. The number of ether oxygens (including phenoxy) is 1. The summed E-state index contributed by atoms with van der Waals surface area (Å²) in [4.78, 5) is 23.2. The van der Waals surface area contributed by atoms with Gasteiger partial charge in [0.2, 0.25) is 0 Å². The molecule has 0 aliphatic carbocycles. The van der Waals surface area contributed by atoms with Crippen LogP contribution in [0, 0.1) is 5.82 Å². The number of carbonyl (C=O) groups excluding carboxylic acids is 1. The molecular formula is C25H26Cl2FN5O2. The number of nitrogens with zero attached hydrogens (tertiary/aromatic N) is 3. The highest BCUT2D eigenvalue weighted by Gasteiger charge is 2.19. The Balaban J connectivity index is 1.32. The van der Waals surface area contributed by atoms with Crippen molar-refractivity contribution in [3.63, 3.8) is 0 Å². The fraction of sp³-hybridized carbons (Fsp3) is 0.320. The van der Waals surface area contributed by atoms with Crippen molar-refractivity contribution in [2.45, 2.75) is 25.3 Å². The highest BCUT2D eigenvalue weighted by Crippen LogP contribution is 2.28. The van der Waals surface area contributed by atoms with Gasteiger partial charge < -0.3 is 20.3 Å². The first kappa shape index (κ1) is 25.2. The maximum atomic E-state index is 13.7. The lowest BCUT2D eigenvalue weighted by Crippen LogP contribution is -2.47. The Bertz CT molecular complexity index is 1180. The number of anilines is 1. The van der Waals surface area contributed by atoms with E-state index >= 15 is 0 Å². The number of rotatable bonds is 7. The van der Waals surface area contributed by atoms with E-state index in [2.05, 4.69) is 25.5 Å². The van der Waals surface area contributed by atoms with Gasteiger partial charge in [0, 0.05) is 29.6 Å². The Morgan fingerprint density at radius 3 is 2.80 bits per heavy atom. The first-order chi connectivity index (χ1) is 16.9. The average Bonchev–Trinajstić information content (AvgIpc) is 2.84. The number of hydrogen-bond acceptors (Lipinski definition) is 5. The molecule has 2 amide bonds. The largest absolute Gasteiger partial charge is 0.493 e. The summed E-state index contributed by atoms with van der Waals surface area (Å²) in [6, 6.07) is 9.89. The third-order valence-electron chi connectivity index (χ3n) is 5.72. The van der Waals surface area contributed by atoms with Gasteiger partial charge in [0.05, 0.1) is 29.7 Å².